The number of quaternary nitrogens is 1. The van der Waals surface area contributed by atoms with Gasteiger partial charge in [0.2, 0.25) is 0 Å². The smallest absolute Gasteiger partial charge is 0.315 e. The van der Waals surface area contributed by atoms with Gasteiger partial charge in [0.05, 0.1) is 12.1 Å². The second kappa shape index (κ2) is 7.22. The minimum Gasteiger partial charge on any atom is -0.335 e. The van der Waals surface area contributed by atoms with Crippen LogP contribution in [-0.2, 0) is 6.54 Å². The maximum atomic E-state index is 13.2. The number of rotatable bonds is 4. The normalized spacial score (nSPS) is 43.6. The summed E-state index contributed by atoms with van der Waals surface area (Å²) in [7, 11) is 0. The lowest BCUT2D eigenvalue weighted by atomic mass is 9.53. The second-order valence-electron chi connectivity index (χ2n) is 11.3. The molecule has 5 heteroatoms. The number of piperidine rings is 1. The first-order valence-electron chi connectivity index (χ1n) is 12.2. The van der Waals surface area contributed by atoms with Crippen LogP contribution in [-0.4, -0.2) is 29.7 Å². The zero-order chi connectivity index (χ0) is 20.3. The van der Waals surface area contributed by atoms with Crippen molar-refractivity contribution in [2.75, 3.05) is 0 Å². The molecule has 1 aromatic rings. The third kappa shape index (κ3) is 3.53. The van der Waals surface area contributed by atoms with Crippen LogP contribution >= 0.6 is 0 Å². The molecule has 0 radical (unpaired) electrons. The molecule has 3 N–H and O–H groups in total. The molecule has 2 aliphatic heterocycles. The molecule has 4 nitrogen and oxygen atoms in total. The maximum absolute atomic E-state index is 13.2. The topological polar surface area (TPSA) is 45.6 Å². The average Bonchev–Trinajstić information content (AvgIpc) is 2.90. The summed E-state index contributed by atoms with van der Waals surface area (Å²) < 4.78 is 13.2. The van der Waals surface area contributed by atoms with Crippen LogP contribution in [0.3, 0.4) is 0 Å². The van der Waals surface area contributed by atoms with Crippen molar-refractivity contribution in [3.63, 3.8) is 0 Å². The number of carbonyl (C=O) groups excluding carboxylic acids is 1. The first kappa shape index (κ1) is 19.1. The summed E-state index contributed by atoms with van der Waals surface area (Å²) in [6, 6.07) is 8.59. The highest BCUT2D eigenvalue weighted by Gasteiger charge is 2.52. The Balaban J connectivity index is 1.05. The Kier molecular flexibility index (Phi) is 4.59. The molecule has 30 heavy (non-hydrogen) atoms. The molecule has 7 rings (SSSR count). The van der Waals surface area contributed by atoms with Gasteiger partial charge in [-0.15, -0.1) is 0 Å². The molecule has 2 amide bonds. The molecule has 162 valence electrons. The van der Waals surface area contributed by atoms with E-state index >= 15 is 0 Å². The third-order valence-electron chi connectivity index (χ3n) is 9.12. The van der Waals surface area contributed by atoms with Crippen molar-refractivity contribution >= 4 is 6.03 Å². The minimum atomic E-state index is -0.162. The van der Waals surface area contributed by atoms with Crippen molar-refractivity contribution in [2.45, 2.75) is 94.4 Å². The minimum absolute atomic E-state index is 0.0864. The van der Waals surface area contributed by atoms with E-state index in [4.69, 9.17) is 0 Å². The number of benzene rings is 1. The van der Waals surface area contributed by atoms with Crippen LogP contribution in [0.2, 0.25) is 0 Å². The summed E-state index contributed by atoms with van der Waals surface area (Å²) in [4.78, 5) is 14.6. The summed E-state index contributed by atoms with van der Waals surface area (Å²) in [6.07, 6.45) is 12.5. The summed E-state index contributed by atoms with van der Waals surface area (Å²) >= 11 is 0. The van der Waals surface area contributed by atoms with Crippen LogP contribution in [0.25, 0.3) is 0 Å². The Bertz CT molecular complexity index is 760. The number of nitrogens with one attached hydrogen (secondary N) is 3. The molecule has 0 aromatic heterocycles. The first-order valence-corrected chi connectivity index (χ1v) is 12.2. The maximum Gasteiger partial charge on any atom is 0.315 e. The molecule has 2 heterocycles. The monoisotopic (exact) mass is 412 g/mol. The standard InChI is InChI=1S/C25H34FN3O/c26-20-3-1-16(2-4-20)15-29-22-5-6-23(29)11-21(10-22)27-24(30)28-25-12-17-7-18(13-25)9-19(8-17)14-25/h1-4,17-19,21-23H,5-15H2,(H2,27,28,30)/p+1/t17?,18?,19?,21?,22-,23+,25?. The molecule has 2 saturated heterocycles. The van der Waals surface area contributed by atoms with E-state index < -0.39 is 0 Å². The summed E-state index contributed by atoms with van der Waals surface area (Å²) in [5, 5.41) is 6.86. The Morgan fingerprint density at radius 3 is 2.07 bits per heavy atom. The van der Waals surface area contributed by atoms with Gasteiger partial charge in [0.1, 0.15) is 12.4 Å². The average molecular weight is 413 g/mol. The van der Waals surface area contributed by atoms with Crippen LogP contribution in [0.15, 0.2) is 24.3 Å². The number of amides is 2. The Morgan fingerprint density at radius 1 is 0.933 bits per heavy atom. The van der Waals surface area contributed by atoms with Gasteiger partial charge in [-0.05, 0) is 68.4 Å². The molecular weight excluding hydrogens is 377 g/mol. The van der Waals surface area contributed by atoms with E-state index in [1.165, 1.54) is 56.9 Å². The molecule has 6 aliphatic rings. The van der Waals surface area contributed by atoms with Gasteiger partial charge in [-0.2, -0.15) is 0 Å². The summed E-state index contributed by atoms with van der Waals surface area (Å²) in [6.45, 7) is 0.974. The van der Waals surface area contributed by atoms with E-state index in [1.54, 1.807) is 17.0 Å². The lowest BCUT2D eigenvalue weighted by molar-refractivity contribution is -0.954. The highest BCUT2D eigenvalue weighted by Crippen LogP contribution is 2.55. The largest absolute Gasteiger partial charge is 0.335 e. The first-order chi connectivity index (χ1) is 14.5. The van der Waals surface area contributed by atoms with Gasteiger partial charge < -0.3 is 15.5 Å². The fourth-order valence-electron chi connectivity index (χ4n) is 8.40. The van der Waals surface area contributed by atoms with E-state index in [1.807, 2.05) is 12.1 Å². The van der Waals surface area contributed by atoms with Crippen LogP contribution in [0.5, 0.6) is 0 Å². The molecule has 6 bridgehead atoms. The van der Waals surface area contributed by atoms with E-state index in [9.17, 15) is 9.18 Å². The second-order valence-corrected chi connectivity index (χ2v) is 11.3. The number of hydrogen-bond donors (Lipinski definition) is 3. The predicted octanol–water partition coefficient (Wildman–Crippen LogP) is 3.17. The van der Waals surface area contributed by atoms with Gasteiger partial charge in [-0.3, -0.25) is 0 Å². The van der Waals surface area contributed by atoms with Gasteiger partial charge in [0.15, 0.2) is 0 Å². The summed E-state index contributed by atoms with van der Waals surface area (Å²) in [5.74, 6) is 2.40. The lowest BCUT2D eigenvalue weighted by Gasteiger charge is -2.56. The van der Waals surface area contributed by atoms with Gasteiger partial charge in [-0.1, -0.05) is 12.1 Å². The van der Waals surface area contributed by atoms with Crippen LogP contribution < -0.4 is 15.5 Å². The molecule has 0 spiro atoms. The van der Waals surface area contributed by atoms with E-state index in [-0.39, 0.29) is 17.4 Å². The number of urea groups is 1. The molecule has 4 atom stereocenters. The van der Waals surface area contributed by atoms with Crippen LogP contribution in [0, 0.1) is 23.6 Å². The molecular formula is C25H35FN3O+. The van der Waals surface area contributed by atoms with Crippen molar-refractivity contribution in [1.29, 1.82) is 0 Å². The van der Waals surface area contributed by atoms with Crippen molar-refractivity contribution in [1.82, 2.24) is 10.6 Å². The van der Waals surface area contributed by atoms with Crippen molar-refractivity contribution in [3.05, 3.63) is 35.6 Å². The predicted molar refractivity (Wildman–Crippen MR) is 113 cm³/mol. The van der Waals surface area contributed by atoms with Gasteiger partial charge in [-0.25, -0.2) is 9.18 Å². The zero-order valence-corrected chi connectivity index (χ0v) is 17.8. The summed E-state index contributed by atoms with van der Waals surface area (Å²) in [5.41, 5.74) is 1.31. The molecule has 6 fully saturated rings. The van der Waals surface area contributed by atoms with E-state index in [0.29, 0.717) is 18.1 Å². The lowest BCUT2D eigenvalue weighted by Crippen LogP contribution is -3.17. The molecule has 2 unspecified atom stereocenters. The number of fused-ring (bicyclic) bond motifs is 2. The molecule has 4 saturated carbocycles. The molecule has 1 aromatic carbocycles. The number of halogens is 1. The number of carbonyl (C=O) groups is 1. The fraction of sp³-hybridized carbons (Fsp3) is 0.720. The Morgan fingerprint density at radius 2 is 1.50 bits per heavy atom. The van der Waals surface area contributed by atoms with Crippen molar-refractivity contribution in [2.24, 2.45) is 17.8 Å². The van der Waals surface area contributed by atoms with Crippen LogP contribution in [0.4, 0.5) is 9.18 Å². The van der Waals surface area contributed by atoms with Crippen LogP contribution in [0.1, 0.15) is 69.8 Å². The highest BCUT2D eigenvalue weighted by atomic mass is 19.1. The van der Waals surface area contributed by atoms with Crippen molar-refractivity contribution < 1.29 is 14.1 Å². The Labute approximate surface area is 179 Å². The van der Waals surface area contributed by atoms with E-state index in [2.05, 4.69) is 10.6 Å². The van der Waals surface area contributed by atoms with Gasteiger partial charge in [0.25, 0.3) is 0 Å². The Hall–Kier alpha value is -1.62. The SMILES string of the molecule is O=C(NC1C[C@H]2CC[C@@H](C1)[NH+]2Cc1ccc(F)cc1)NC12CC3CC(CC(C3)C1)C2. The quantitative estimate of drug-likeness (QED) is 0.699. The zero-order valence-electron chi connectivity index (χ0n) is 17.8. The third-order valence-corrected chi connectivity index (χ3v) is 9.12. The van der Waals surface area contributed by atoms with Gasteiger partial charge in [0, 0.05) is 42.8 Å². The number of hydrogen-bond acceptors (Lipinski definition) is 1. The van der Waals surface area contributed by atoms with E-state index in [0.717, 1.165) is 37.1 Å². The molecule has 4 aliphatic carbocycles. The fourth-order valence-corrected chi connectivity index (χ4v) is 8.40. The highest BCUT2D eigenvalue weighted by molar-refractivity contribution is 5.75. The van der Waals surface area contributed by atoms with Crippen molar-refractivity contribution in [3.8, 4) is 0 Å². The van der Waals surface area contributed by atoms with Gasteiger partial charge >= 0.3 is 6.03 Å².